The van der Waals surface area contributed by atoms with Crippen LogP contribution in [-0.4, -0.2) is 35.9 Å². The van der Waals surface area contributed by atoms with Gasteiger partial charge in [0.1, 0.15) is 0 Å². The number of rotatable bonds is 7. The molecule has 2 N–H and O–H groups in total. The Morgan fingerprint density at radius 1 is 1.27 bits per heavy atom. The van der Waals surface area contributed by atoms with Crippen molar-refractivity contribution in [2.24, 2.45) is 5.41 Å². The zero-order chi connectivity index (χ0) is 11.9. The van der Waals surface area contributed by atoms with E-state index in [4.69, 9.17) is 10.2 Å². The first kappa shape index (κ1) is 13.9. The van der Waals surface area contributed by atoms with Gasteiger partial charge in [-0.3, -0.25) is 9.59 Å². The van der Waals surface area contributed by atoms with Crippen LogP contribution in [0.25, 0.3) is 0 Å². The summed E-state index contributed by atoms with van der Waals surface area (Å²) in [5.74, 6) is -1.89. The molecule has 5 nitrogen and oxygen atoms in total. The Hall–Kier alpha value is -1.10. The molecule has 0 rings (SSSR count). The topological polar surface area (TPSA) is 83.8 Å². The number of carbonyl (C=O) groups is 2. The summed E-state index contributed by atoms with van der Waals surface area (Å²) < 4.78 is 4.46. The first-order valence-corrected chi connectivity index (χ1v) is 4.91. The number of unbranched alkanes of at least 4 members (excludes halogenated alkanes) is 2. The first-order valence-electron chi connectivity index (χ1n) is 4.91. The average Bonchev–Trinajstić information content (AvgIpc) is 2.22. The largest absolute Gasteiger partial charge is 0.480 e. The Morgan fingerprint density at radius 3 is 2.27 bits per heavy atom. The van der Waals surface area contributed by atoms with Crippen molar-refractivity contribution >= 4 is 11.9 Å². The van der Waals surface area contributed by atoms with Gasteiger partial charge >= 0.3 is 11.9 Å². The van der Waals surface area contributed by atoms with Gasteiger partial charge in [-0.2, -0.15) is 0 Å². The van der Waals surface area contributed by atoms with Crippen LogP contribution in [0.2, 0.25) is 0 Å². The quantitative estimate of drug-likeness (QED) is 0.375. The molecule has 0 radical (unpaired) electrons. The summed E-state index contributed by atoms with van der Waals surface area (Å²) in [4.78, 5) is 22.2. The van der Waals surface area contributed by atoms with Crippen LogP contribution in [0.3, 0.4) is 0 Å². The third kappa shape index (κ3) is 3.87. The fourth-order valence-corrected chi connectivity index (χ4v) is 1.29. The van der Waals surface area contributed by atoms with E-state index in [0.717, 1.165) is 0 Å². The number of aliphatic hydroxyl groups is 1. The molecule has 1 unspecified atom stereocenters. The summed E-state index contributed by atoms with van der Waals surface area (Å²) in [5.41, 5.74) is -1.47. The van der Waals surface area contributed by atoms with Gasteiger partial charge in [-0.25, -0.2) is 0 Å². The summed E-state index contributed by atoms with van der Waals surface area (Å²) in [6, 6.07) is 0. The molecule has 0 bridgehead atoms. The molecule has 0 fully saturated rings. The number of ether oxygens (including phenoxy) is 1. The van der Waals surface area contributed by atoms with E-state index < -0.39 is 17.4 Å². The van der Waals surface area contributed by atoms with Crippen molar-refractivity contribution in [2.75, 3.05) is 13.7 Å². The first-order chi connectivity index (χ1) is 6.99. The smallest absolute Gasteiger partial charge is 0.322 e. The maximum atomic E-state index is 11.3. The molecule has 0 amide bonds. The fraction of sp³-hybridized carbons (Fsp3) is 0.800. The molecule has 5 heteroatoms. The Morgan fingerprint density at radius 2 is 1.87 bits per heavy atom. The van der Waals surface area contributed by atoms with Crippen molar-refractivity contribution in [1.29, 1.82) is 0 Å². The van der Waals surface area contributed by atoms with Crippen molar-refractivity contribution in [1.82, 2.24) is 0 Å². The van der Waals surface area contributed by atoms with Crippen LogP contribution >= 0.6 is 0 Å². The highest BCUT2D eigenvalue weighted by Gasteiger charge is 2.41. The van der Waals surface area contributed by atoms with Crippen molar-refractivity contribution in [3.63, 3.8) is 0 Å². The van der Waals surface area contributed by atoms with Crippen LogP contribution in [0, 0.1) is 5.41 Å². The van der Waals surface area contributed by atoms with E-state index in [1.54, 1.807) is 0 Å². The Kier molecular flexibility index (Phi) is 5.93. The number of aliphatic carboxylic acids is 1. The molecule has 1 atom stereocenters. The van der Waals surface area contributed by atoms with Crippen molar-refractivity contribution in [3.05, 3.63) is 0 Å². The number of hydrogen-bond acceptors (Lipinski definition) is 4. The normalized spacial score (nSPS) is 14.3. The third-order valence-electron chi connectivity index (χ3n) is 2.44. The third-order valence-corrected chi connectivity index (χ3v) is 2.44. The second-order valence-corrected chi connectivity index (χ2v) is 3.66. The lowest BCUT2D eigenvalue weighted by Gasteiger charge is -2.21. The number of hydrogen-bond donors (Lipinski definition) is 2. The maximum absolute atomic E-state index is 11.3. The zero-order valence-corrected chi connectivity index (χ0v) is 9.15. The zero-order valence-electron chi connectivity index (χ0n) is 9.15. The minimum absolute atomic E-state index is 0.0853. The number of aliphatic hydroxyl groups excluding tert-OH is 1. The van der Waals surface area contributed by atoms with Gasteiger partial charge in [-0.05, 0) is 19.8 Å². The number of carboxylic acids is 1. The molecule has 15 heavy (non-hydrogen) atoms. The molecule has 0 aromatic carbocycles. The van der Waals surface area contributed by atoms with E-state index in [2.05, 4.69) is 4.74 Å². The van der Waals surface area contributed by atoms with Crippen LogP contribution in [0.1, 0.15) is 32.6 Å². The summed E-state index contributed by atoms with van der Waals surface area (Å²) in [6.45, 7) is 1.45. The van der Waals surface area contributed by atoms with Crippen LogP contribution in [0.4, 0.5) is 0 Å². The fourth-order valence-electron chi connectivity index (χ4n) is 1.29. The predicted octanol–water partition coefficient (Wildman–Crippen LogP) is 0.803. The standard InChI is InChI=1S/C10H18O5/c1-10(8(12)13,9(14)15-2)6-4-3-5-7-11/h11H,3-7H2,1-2H3,(H,12,13). The summed E-state index contributed by atoms with van der Waals surface area (Å²) >= 11 is 0. The van der Waals surface area contributed by atoms with E-state index in [0.29, 0.717) is 19.3 Å². The highest BCUT2D eigenvalue weighted by Crippen LogP contribution is 2.26. The summed E-state index contributed by atoms with van der Waals surface area (Å²) in [7, 11) is 1.18. The molecule has 0 spiro atoms. The van der Waals surface area contributed by atoms with Gasteiger partial charge < -0.3 is 14.9 Å². The molecule has 0 heterocycles. The minimum atomic E-state index is -1.47. The predicted molar refractivity (Wildman–Crippen MR) is 53.3 cm³/mol. The maximum Gasteiger partial charge on any atom is 0.322 e. The lowest BCUT2D eigenvalue weighted by molar-refractivity contribution is -0.166. The average molecular weight is 218 g/mol. The SMILES string of the molecule is COC(=O)C(C)(CCCCCO)C(=O)O. The van der Waals surface area contributed by atoms with Gasteiger partial charge in [0.25, 0.3) is 0 Å². The van der Waals surface area contributed by atoms with Gasteiger partial charge in [0.15, 0.2) is 5.41 Å². The highest BCUT2D eigenvalue weighted by atomic mass is 16.5. The molecule has 0 saturated carbocycles. The van der Waals surface area contributed by atoms with Crippen molar-refractivity contribution in [2.45, 2.75) is 32.6 Å². The number of carboxylic acid groups (broad SMARTS) is 1. The van der Waals surface area contributed by atoms with E-state index >= 15 is 0 Å². The van der Waals surface area contributed by atoms with Crippen LogP contribution in [0.15, 0.2) is 0 Å². The van der Waals surface area contributed by atoms with Gasteiger partial charge in [-0.1, -0.05) is 12.8 Å². The molecule has 88 valence electrons. The number of carbonyl (C=O) groups excluding carboxylic acids is 1. The molecule has 0 aromatic heterocycles. The molecule has 0 saturated heterocycles. The van der Waals surface area contributed by atoms with Crippen molar-refractivity contribution in [3.8, 4) is 0 Å². The second-order valence-electron chi connectivity index (χ2n) is 3.66. The van der Waals surface area contributed by atoms with Crippen LogP contribution in [0.5, 0.6) is 0 Å². The van der Waals surface area contributed by atoms with Gasteiger partial charge in [0, 0.05) is 6.61 Å². The van der Waals surface area contributed by atoms with Gasteiger partial charge in [0.05, 0.1) is 7.11 Å². The van der Waals surface area contributed by atoms with Crippen LogP contribution in [-0.2, 0) is 14.3 Å². The van der Waals surface area contributed by atoms with Crippen molar-refractivity contribution < 1.29 is 24.5 Å². The monoisotopic (exact) mass is 218 g/mol. The van der Waals surface area contributed by atoms with Gasteiger partial charge in [0.2, 0.25) is 0 Å². The lowest BCUT2D eigenvalue weighted by Crippen LogP contribution is -2.37. The Balaban J connectivity index is 4.27. The molecule has 0 aliphatic heterocycles. The summed E-state index contributed by atoms with van der Waals surface area (Å²) in [6.07, 6.45) is 2.14. The number of methoxy groups -OCH3 is 1. The van der Waals surface area contributed by atoms with E-state index in [1.807, 2.05) is 0 Å². The van der Waals surface area contributed by atoms with E-state index in [-0.39, 0.29) is 13.0 Å². The van der Waals surface area contributed by atoms with E-state index in [1.165, 1.54) is 14.0 Å². The highest BCUT2D eigenvalue weighted by molar-refractivity contribution is 5.98. The molecular formula is C10H18O5. The Bertz CT molecular complexity index is 226. The molecular weight excluding hydrogens is 200 g/mol. The molecule has 0 aliphatic rings. The summed E-state index contributed by atoms with van der Waals surface area (Å²) in [5, 5.41) is 17.5. The van der Waals surface area contributed by atoms with Gasteiger partial charge in [-0.15, -0.1) is 0 Å². The minimum Gasteiger partial charge on any atom is -0.480 e. The molecule has 0 aliphatic carbocycles. The number of esters is 1. The lowest BCUT2D eigenvalue weighted by atomic mass is 9.85. The molecule has 0 aromatic rings. The van der Waals surface area contributed by atoms with Crippen LogP contribution < -0.4 is 0 Å². The van der Waals surface area contributed by atoms with E-state index in [9.17, 15) is 9.59 Å². The Labute approximate surface area is 89.0 Å². The second kappa shape index (κ2) is 6.40.